The summed E-state index contributed by atoms with van der Waals surface area (Å²) in [6.45, 7) is 0. The topological polar surface area (TPSA) is 30.2 Å². The first kappa shape index (κ1) is 6.80. The third-order valence-electron chi connectivity index (χ3n) is 0.917. The number of Topliss-reactive ketones (excluding diaryl/α,β-unsaturated/α-hetero) is 1. The molecule has 0 spiro atoms. The van der Waals surface area contributed by atoms with Gasteiger partial charge in [-0.05, 0) is 12.1 Å². The van der Waals surface area contributed by atoms with E-state index in [9.17, 15) is 4.79 Å². The fraction of sp³-hybridized carbons (Fsp3) is 0.167. The molecule has 3 heteroatoms. The average Bonchev–Trinajstić information content (AvgIpc) is 2.37. The Labute approximate surface area is 66.4 Å². The maximum absolute atomic E-state index is 10.8. The molecule has 1 aromatic rings. The van der Waals surface area contributed by atoms with E-state index in [1.165, 1.54) is 6.26 Å². The molecule has 0 saturated heterocycles. The molecule has 1 rings (SSSR count). The summed E-state index contributed by atoms with van der Waals surface area (Å²) < 4.78 is 5.31. The highest BCUT2D eigenvalue weighted by Gasteiger charge is 2.03. The quantitative estimate of drug-likeness (QED) is 0.446. The van der Waals surface area contributed by atoms with E-state index in [4.69, 9.17) is 4.42 Å². The molecule has 0 unspecified atom stereocenters. The molecule has 1 aromatic heterocycles. The van der Waals surface area contributed by atoms with Crippen LogP contribution in [0.4, 0.5) is 0 Å². The molecule has 0 aromatic carbocycles. The first-order chi connectivity index (χ1) is 4.34. The van der Waals surface area contributed by atoms with Gasteiger partial charge in [-0.2, -0.15) is 0 Å². The summed E-state index contributed by atoms with van der Waals surface area (Å²) in [6, 6.07) is 3.38. The maximum Gasteiger partial charge on any atom is 0.207 e. The minimum Gasteiger partial charge on any atom is -0.461 e. The van der Waals surface area contributed by atoms with Crippen LogP contribution in [0.5, 0.6) is 0 Å². The summed E-state index contributed by atoms with van der Waals surface area (Å²) >= 11 is 2.00. The predicted octanol–water partition coefficient (Wildman–Crippen LogP) is 1.90. The van der Waals surface area contributed by atoms with Gasteiger partial charge in [-0.15, -0.1) is 0 Å². The number of furan rings is 1. The summed E-state index contributed by atoms with van der Waals surface area (Å²) in [5.41, 5.74) is 0. The SMILES string of the molecule is O=C(CI)c1ccco1. The molecule has 9 heavy (non-hydrogen) atoms. The lowest BCUT2D eigenvalue weighted by atomic mass is 10.3. The van der Waals surface area contributed by atoms with Gasteiger partial charge >= 0.3 is 0 Å². The molecule has 0 fully saturated rings. The summed E-state index contributed by atoms with van der Waals surface area (Å²) in [4.78, 5) is 10.8. The highest BCUT2D eigenvalue weighted by atomic mass is 127. The van der Waals surface area contributed by atoms with Gasteiger partial charge in [-0.25, -0.2) is 0 Å². The number of ketones is 1. The summed E-state index contributed by atoms with van der Waals surface area (Å²) in [5.74, 6) is 0.491. The lowest BCUT2D eigenvalue weighted by Gasteiger charge is -1.85. The Balaban J connectivity index is 2.77. The van der Waals surface area contributed by atoms with E-state index in [0.717, 1.165) is 0 Å². The second-order valence-corrected chi connectivity index (χ2v) is 2.30. The minimum atomic E-state index is 0.0422. The lowest BCUT2D eigenvalue weighted by Crippen LogP contribution is -1.96. The van der Waals surface area contributed by atoms with Gasteiger partial charge in [0.2, 0.25) is 5.78 Å². The Bertz CT molecular complexity index is 191. The van der Waals surface area contributed by atoms with Crippen LogP contribution in [0.15, 0.2) is 22.8 Å². The zero-order chi connectivity index (χ0) is 6.69. The number of hydrogen-bond donors (Lipinski definition) is 0. The van der Waals surface area contributed by atoms with Crippen molar-refractivity contribution in [2.45, 2.75) is 0 Å². The van der Waals surface area contributed by atoms with Crippen molar-refractivity contribution in [3.63, 3.8) is 0 Å². The Morgan fingerprint density at radius 2 is 2.56 bits per heavy atom. The van der Waals surface area contributed by atoms with Crippen molar-refractivity contribution in [1.82, 2.24) is 0 Å². The molecule has 0 aliphatic heterocycles. The fourth-order valence-electron chi connectivity index (χ4n) is 0.503. The van der Waals surface area contributed by atoms with E-state index in [1.54, 1.807) is 12.1 Å². The molecule has 2 nitrogen and oxygen atoms in total. The summed E-state index contributed by atoms with van der Waals surface area (Å²) in [5, 5.41) is 0. The van der Waals surface area contributed by atoms with E-state index in [0.29, 0.717) is 10.2 Å². The maximum atomic E-state index is 10.8. The van der Waals surface area contributed by atoms with Crippen molar-refractivity contribution in [1.29, 1.82) is 0 Å². The van der Waals surface area contributed by atoms with E-state index in [2.05, 4.69) is 0 Å². The average molecular weight is 236 g/mol. The fourth-order valence-corrected chi connectivity index (χ4v) is 0.879. The van der Waals surface area contributed by atoms with Crippen LogP contribution in [0.1, 0.15) is 10.6 Å². The van der Waals surface area contributed by atoms with E-state index < -0.39 is 0 Å². The van der Waals surface area contributed by atoms with Crippen molar-refractivity contribution in [2.24, 2.45) is 0 Å². The van der Waals surface area contributed by atoms with Crippen molar-refractivity contribution in [3.05, 3.63) is 24.2 Å². The largest absolute Gasteiger partial charge is 0.461 e. The van der Waals surface area contributed by atoms with Crippen LogP contribution in [-0.4, -0.2) is 10.2 Å². The molecule has 0 saturated carbocycles. The van der Waals surface area contributed by atoms with Crippen molar-refractivity contribution >= 4 is 28.4 Å². The Hall–Kier alpha value is -0.320. The van der Waals surface area contributed by atoms with Gasteiger partial charge in [0.15, 0.2) is 5.76 Å². The molecular formula is C6H5IO2. The van der Waals surface area contributed by atoms with Crippen molar-refractivity contribution in [2.75, 3.05) is 4.43 Å². The second kappa shape index (κ2) is 3.00. The molecule has 48 valence electrons. The van der Waals surface area contributed by atoms with Gasteiger partial charge in [-0.1, -0.05) is 22.6 Å². The van der Waals surface area contributed by atoms with Crippen molar-refractivity contribution in [3.8, 4) is 0 Å². The molecule has 0 atom stereocenters. The molecule has 1 heterocycles. The van der Waals surface area contributed by atoms with E-state index in [-0.39, 0.29) is 5.78 Å². The van der Waals surface area contributed by atoms with Gasteiger partial charge < -0.3 is 4.42 Å². The van der Waals surface area contributed by atoms with Gasteiger partial charge in [0, 0.05) is 0 Å². The first-order valence-corrected chi connectivity index (χ1v) is 4.00. The van der Waals surface area contributed by atoms with Gasteiger partial charge in [-0.3, -0.25) is 4.79 Å². The number of alkyl halides is 1. The van der Waals surface area contributed by atoms with E-state index in [1.807, 2.05) is 22.6 Å². The first-order valence-electron chi connectivity index (χ1n) is 2.47. The molecule has 0 aliphatic rings. The predicted molar refractivity (Wildman–Crippen MR) is 41.9 cm³/mol. The number of hydrogen-bond acceptors (Lipinski definition) is 2. The van der Waals surface area contributed by atoms with Gasteiger partial charge in [0.1, 0.15) is 0 Å². The molecule has 0 aliphatic carbocycles. The number of carbonyl (C=O) groups is 1. The summed E-state index contributed by atoms with van der Waals surface area (Å²) in [7, 11) is 0. The monoisotopic (exact) mass is 236 g/mol. The zero-order valence-electron chi connectivity index (χ0n) is 4.63. The highest BCUT2D eigenvalue weighted by molar-refractivity contribution is 14.1. The molecule has 0 radical (unpaired) electrons. The zero-order valence-corrected chi connectivity index (χ0v) is 6.79. The van der Waals surface area contributed by atoms with Crippen molar-refractivity contribution < 1.29 is 9.21 Å². The standard InChI is InChI=1S/C6H5IO2/c7-4-5(8)6-2-1-3-9-6/h1-3H,4H2. The van der Waals surface area contributed by atoms with Gasteiger partial charge in [0.05, 0.1) is 10.7 Å². The smallest absolute Gasteiger partial charge is 0.207 e. The van der Waals surface area contributed by atoms with E-state index >= 15 is 0 Å². The van der Waals surface area contributed by atoms with Crippen LogP contribution in [0.3, 0.4) is 0 Å². The molecular weight excluding hydrogens is 231 g/mol. The minimum absolute atomic E-state index is 0.0422. The van der Waals surface area contributed by atoms with Crippen LogP contribution in [-0.2, 0) is 0 Å². The number of halogens is 1. The second-order valence-electron chi connectivity index (χ2n) is 1.53. The third kappa shape index (κ3) is 1.54. The Kier molecular flexibility index (Phi) is 2.27. The van der Waals surface area contributed by atoms with Crippen LogP contribution in [0.2, 0.25) is 0 Å². The normalized spacial score (nSPS) is 9.44. The highest BCUT2D eigenvalue weighted by Crippen LogP contribution is 2.02. The number of rotatable bonds is 2. The third-order valence-corrected chi connectivity index (χ3v) is 1.61. The van der Waals surface area contributed by atoms with Crippen LogP contribution in [0, 0.1) is 0 Å². The van der Waals surface area contributed by atoms with Crippen LogP contribution < -0.4 is 0 Å². The molecule has 0 amide bonds. The number of carbonyl (C=O) groups excluding carboxylic acids is 1. The van der Waals surface area contributed by atoms with Crippen LogP contribution in [0.25, 0.3) is 0 Å². The van der Waals surface area contributed by atoms with Gasteiger partial charge in [0.25, 0.3) is 0 Å². The Morgan fingerprint density at radius 1 is 1.78 bits per heavy atom. The Morgan fingerprint density at radius 3 is 3.00 bits per heavy atom. The molecule has 0 bridgehead atoms. The summed E-state index contributed by atoms with van der Waals surface area (Å²) in [6.07, 6.45) is 1.50. The molecule has 0 N–H and O–H groups in total. The lowest BCUT2D eigenvalue weighted by molar-refractivity contribution is 0.0995. The van der Waals surface area contributed by atoms with Crippen LogP contribution >= 0.6 is 22.6 Å².